The maximum absolute atomic E-state index is 11.9. The van der Waals surface area contributed by atoms with Gasteiger partial charge in [-0.1, -0.05) is 20.8 Å². The van der Waals surface area contributed by atoms with Crippen LogP contribution in [0.5, 0.6) is 0 Å². The van der Waals surface area contributed by atoms with Gasteiger partial charge in [0.25, 0.3) is 5.91 Å². The van der Waals surface area contributed by atoms with Crippen LogP contribution in [-0.4, -0.2) is 55.0 Å². The van der Waals surface area contributed by atoms with E-state index >= 15 is 0 Å². The molecule has 7 nitrogen and oxygen atoms in total. The Bertz CT molecular complexity index is 449. The third-order valence-corrected chi connectivity index (χ3v) is 5.20. The van der Waals surface area contributed by atoms with E-state index in [9.17, 15) is 18.0 Å². The molecule has 2 amide bonds. The summed E-state index contributed by atoms with van der Waals surface area (Å²) in [5.41, 5.74) is 0. The van der Waals surface area contributed by atoms with E-state index in [-0.39, 0.29) is 38.0 Å². The second-order valence-electron chi connectivity index (χ2n) is 4.50. The predicted octanol–water partition coefficient (Wildman–Crippen LogP) is -0.442. The molecule has 1 rings (SSSR count). The van der Waals surface area contributed by atoms with Crippen LogP contribution < -0.4 is 5.32 Å². The Balaban J connectivity index is 2.54. The summed E-state index contributed by atoms with van der Waals surface area (Å²) < 4.78 is 25.8. The van der Waals surface area contributed by atoms with Crippen LogP contribution in [0.1, 0.15) is 27.2 Å². The van der Waals surface area contributed by atoms with Crippen LogP contribution in [0.4, 0.5) is 0 Å². The van der Waals surface area contributed by atoms with Crippen molar-refractivity contribution in [2.75, 3.05) is 26.2 Å². The highest BCUT2D eigenvalue weighted by atomic mass is 32.2. The molecule has 0 aromatic rings. The number of likely N-dealkylation sites (N-methyl/N-ethyl adjacent to an activating group) is 1. The molecule has 1 heterocycles. The van der Waals surface area contributed by atoms with Crippen molar-refractivity contribution in [2.45, 2.75) is 27.2 Å². The van der Waals surface area contributed by atoms with E-state index in [0.717, 1.165) is 15.0 Å². The molecule has 0 aliphatic carbocycles. The number of rotatable bonds is 6. The number of nitrogens with zero attached hydrogens (tertiary/aromatic N) is 2. The van der Waals surface area contributed by atoms with Crippen LogP contribution in [0, 0.1) is 5.92 Å². The molecule has 110 valence electrons. The zero-order valence-corrected chi connectivity index (χ0v) is 12.4. The van der Waals surface area contributed by atoms with Gasteiger partial charge in [-0.2, -0.15) is 12.7 Å². The molecule has 1 fully saturated rings. The number of hydrogen-bond acceptors (Lipinski definition) is 4. The summed E-state index contributed by atoms with van der Waals surface area (Å²) in [7, 11) is -3.69. The van der Waals surface area contributed by atoms with Gasteiger partial charge in [-0.15, -0.1) is 0 Å². The molecule has 0 saturated carbocycles. The Labute approximate surface area is 114 Å². The zero-order chi connectivity index (χ0) is 14.6. The van der Waals surface area contributed by atoms with Crippen LogP contribution in [0.15, 0.2) is 0 Å². The monoisotopic (exact) mass is 291 g/mol. The Hall–Kier alpha value is -1.15. The summed E-state index contributed by atoms with van der Waals surface area (Å²) in [6.45, 7) is 5.66. The lowest BCUT2D eigenvalue weighted by molar-refractivity contribution is -0.126. The van der Waals surface area contributed by atoms with Crippen LogP contribution in [0.25, 0.3) is 0 Å². The average Bonchev–Trinajstić information content (AvgIpc) is 2.59. The van der Waals surface area contributed by atoms with Crippen molar-refractivity contribution >= 4 is 22.0 Å². The first kappa shape index (κ1) is 15.9. The van der Waals surface area contributed by atoms with E-state index in [0.29, 0.717) is 0 Å². The van der Waals surface area contributed by atoms with Gasteiger partial charge < -0.3 is 5.32 Å². The molecular formula is C11H21N3O4S. The van der Waals surface area contributed by atoms with Gasteiger partial charge in [0.05, 0.1) is 13.1 Å². The molecule has 8 heteroatoms. The number of carbonyl (C=O) groups is 2. The first-order valence-electron chi connectivity index (χ1n) is 6.42. The molecule has 1 unspecified atom stereocenters. The largest absolute Gasteiger partial charge is 0.354 e. The first-order chi connectivity index (χ1) is 8.84. The van der Waals surface area contributed by atoms with Gasteiger partial charge in [0.2, 0.25) is 5.91 Å². The molecule has 1 N–H and O–H groups in total. The second kappa shape index (κ2) is 6.33. The zero-order valence-electron chi connectivity index (χ0n) is 11.5. The SMILES string of the molecule is CCC(C)C(=O)NCCN1C(=O)CN(CC)S1(=O)=O. The fourth-order valence-electron chi connectivity index (χ4n) is 1.73. The third kappa shape index (κ3) is 3.44. The highest BCUT2D eigenvalue weighted by Gasteiger charge is 2.40. The van der Waals surface area contributed by atoms with Crippen molar-refractivity contribution in [1.82, 2.24) is 13.9 Å². The van der Waals surface area contributed by atoms with Crippen molar-refractivity contribution in [1.29, 1.82) is 0 Å². The maximum atomic E-state index is 11.9. The van der Waals surface area contributed by atoms with Crippen LogP contribution in [0.2, 0.25) is 0 Å². The minimum Gasteiger partial charge on any atom is -0.354 e. The van der Waals surface area contributed by atoms with Gasteiger partial charge in [0.1, 0.15) is 0 Å². The summed E-state index contributed by atoms with van der Waals surface area (Å²) in [6, 6.07) is 0. The number of nitrogens with one attached hydrogen (secondary N) is 1. The maximum Gasteiger partial charge on any atom is 0.306 e. The van der Waals surface area contributed by atoms with E-state index in [1.807, 2.05) is 6.92 Å². The van der Waals surface area contributed by atoms with Crippen LogP contribution >= 0.6 is 0 Å². The lowest BCUT2D eigenvalue weighted by Gasteiger charge is -2.18. The molecule has 19 heavy (non-hydrogen) atoms. The van der Waals surface area contributed by atoms with Crippen molar-refractivity contribution in [3.8, 4) is 0 Å². The lowest BCUT2D eigenvalue weighted by Crippen LogP contribution is -2.40. The molecule has 0 aromatic carbocycles. The smallest absolute Gasteiger partial charge is 0.306 e. The standard InChI is InChI=1S/C11H21N3O4S/c1-4-9(3)11(16)12-6-7-14-10(15)8-13(5-2)19(14,17)18/h9H,4-8H2,1-3H3,(H,12,16). The fourth-order valence-corrected chi connectivity index (χ4v) is 3.25. The molecule has 1 aliphatic rings. The quantitative estimate of drug-likeness (QED) is 0.718. The number of carbonyl (C=O) groups excluding carboxylic acids is 2. The molecule has 0 spiro atoms. The summed E-state index contributed by atoms with van der Waals surface area (Å²) >= 11 is 0. The molecule has 0 aromatic heterocycles. The predicted molar refractivity (Wildman–Crippen MR) is 70.3 cm³/mol. The van der Waals surface area contributed by atoms with Crippen LogP contribution in [-0.2, 0) is 19.8 Å². The minimum atomic E-state index is -3.69. The lowest BCUT2D eigenvalue weighted by atomic mass is 10.1. The van der Waals surface area contributed by atoms with E-state index in [1.165, 1.54) is 0 Å². The van der Waals surface area contributed by atoms with Gasteiger partial charge >= 0.3 is 10.2 Å². The highest BCUT2D eigenvalue weighted by molar-refractivity contribution is 7.87. The molecule has 1 atom stereocenters. The summed E-state index contributed by atoms with van der Waals surface area (Å²) in [5.74, 6) is -0.684. The van der Waals surface area contributed by atoms with Crippen molar-refractivity contribution < 1.29 is 18.0 Å². The topological polar surface area (TPSA) is 86.8 Å². The third-order valence-electron chi connectivity index (χ3n) is 3.22. The van der Waals surface area contributed by atoms with Crippen molar-refractivity contribution in [3.05, 3.63) is 0 Å². The Morgan fingerprint density at radius 2 is 2.05 bits per heavy atom. The van der Waals surface area contributed by atoms with E-state index in [1.54, 1.807) is 13.8 Å². The van der Waals surface area contributed by atoms with Gasteiger partial charge in [-0.05, 0) is 6.42 Å². The summed E-state index contributed by atoms with van der Waals surface area (Å²) in [4.78, 5) is 23.2. The van der Waals surface area contributed by atoms with Gasteiger partial charge in [-0.25, -0.2) is 4.31 Å². The molecule has 0 bridgehead atoms. The molecule has 1 saturated heterocycles. The summed E-state index contributed by atoms with van der Waals surface area (Å²) in [5, 5.41) is 2.64. The molecule has 0 radical (unpaired) electrons. The average molecular weight is 291 g/mol. The van der Waals surface area contributed by atoms with Gasteiger partial charge in [0.15, 0.2) is 0 Å². The molecule has 1 aliphatic heterocycles. The van der Waals surface area contributed by atoms with Gasteiger partial charge in [-0.3, -0.25) is 9.59 Å². The van der Waals surface area contributed by atoms with Gasteiger partial charge in [0, 0.05) is 19.0 Å². The normalized spacial score (nSPS) is 20.6. The van der Waals surface area contributed by atoms with Crippen molar-refractivity contribution in [2.24, 2.45) is 5.92 Å². The van der Waals surface area contributed by atoms with E-state index in [4.69, 9.17) is 0 Å². The molecular weight excluding hydrogens is 270 g/mol. The Morgan fingerprint density at radius 1 is 1.42 bits per heavy atom. The Kier molecular flexibility index (Phi) is 5.30. The second-order valence-corrected chi connectivity index (χ2v) is 6.35. The van der Waals surface area contributed by atoms with Crippen molar-refractivity contribution in [3.63, 3.8) is 0 Å². The number of amides is 2. The Morgan fingerprint density at radius 3 is 2.53 bits per heavy atom. The fraction of sp³-hybridized carbons (Fsp3) is 0.818. The van der Waals surface area contributed by atoms with E-state index in [2.05, 4.69) is 5.32 Å². The van der Waals surface area contributed by atoms with E-state index < -0.39 is 16.1 Å². The first-order valence-corrected chi connectivity index (χ1v) is 7.82. The minimum absolute atomic E-state index is 0.0140. The summed E-state index contributed by atoms with van der Waals surface area (Å²) in [6.07, 6.45) is 0.719. The van der Waals surface area contributed by atoms with Crippen LogP contribution in [0.3, 0.4) is 0 Å². The number of hydrogen-bond donors (Lipinski definition) is 1. The highest BCUT2D eigenvalue weighted by Crippen LogP contribution is 2.16.